The SMILES string of the molecule is CC[C@H](C)[C@H](NC(=O)[C@H](CCC(=O)O)NC(=O)[C@@H](NC(=O)[C@@H](N)CO)C(C)C)C(=O)N[C@@H](Cc1c[nH]c2ccccc12)C(=O)N[C@@H](CC(=O)O)C(=O)O. The van der Waals surface area contributed by atoms with Gasteiger partial charge in [-0.3, -0.25) is 33.6 Å². The topological polar surface area (TPSA) is 319 Å². The molecule has 0 bridgehead atoms. The number of carboxylic acids is 3. The maximum atomic E-state index is 13.9. The Morgan fingerprint density at radius 3 is 1.87 bits per heavy atom. The van der Waals surface area contributed by atoms with E-state index in [0.717, 1.165) is 0 Å². The van der Waals surface area contributed by atoms with Crippen LogP contribution in [-0.2, 0) is 44.8 Å². The molecule has 0 saturated heterocycles. The molecule has 1 heterocycles. The molecule has 0 fully saturated rings. The third-order valence-corrected chi connectivity index (χ3v) is 8.58. The molecule has 0 aliphatic heterocycles. The Balaban J connectivity index is 2.42. The first-order valence-electron chi connectivity index (χ1n) is 17.0. The summed E-state index contributed by atoms with van der Waals surface area (Å²) in [5, 5.41) is 50.1. The second kappa shape index (κ2) is 20.5. The van der Waals surface area contributed by atoms with E-state index in [4.69, 9.17) is 5.73 Å². The lowest BCUT2D eigenvalue weighted by Crippen LogP contribution is -2.61. The van der Waals surface area contributed by atoms with E-state index in [0.29, 0.717) is 22.9 Å². The largest absolute Gasteiger partial charge is 0.481 e. The molecule has 0 unspecified atom stereocenters. The monoisotopic (exact) mass is 747 g/mol. The Morgan fingerprint density at radius 2 is 1.30 bits per heavy atom. The highest BCUT2D eigenvalue weighted by atomic mass is 16.4. The maximum Gasteiger partial charge on any atom is 0.326 e. The third kappa shape index (κ3) is 13.2. The molecule has 0 saturated carbocycles. The molecule has 19 nitrogen and oxygen atoms in total. The summed E-state index contributed by atoms with van der Waals surface area (Å²) in [7, 11) is 0. The number of hydrogen-bond acceptors (Lipinski definition) is 10. The van der Waals surface area contributed by atoms with Crippen LogP contribution in [0.4, 0.5) is 0 Å². The first kappa shape index (κ1) is 43.6. The predicted octanol–water partition coefficient (Wildman–Crippen LogP) is -1.42. The Morgan fingerprint density at radius 1 is 0.736 bits per heavy atom. The molecule has 5 amide bonds. The van der Waals surface area contributed by atoms with Crippen molar-refractivity contribution in [2.75, 3.05) is 6.61 Å². The minimum Gasteiger partial charge on any atom is -0.481 e. The highest BCUT2D eigenvalue weighted by Crippen LogP contribution is 2.20. The minimum atomic E-state index is -1.83. The van der Waals surface area contributed by atoms with Gasteiger partial charge >= 0.3 is 17.9 Å². The molecule has 1 aromatic carbocycles. The van der Waals surface area contributed by atoms with Gasteiger partial charge in [-0.2, -0.15) is 0 Å². The molecule has 2 aromatic rings. The smallest absolute Gasteiger partial charge is 0.326 e. The van der Waals surface area contributed by atoms with Crippen molar-refractivity contribution >= 4 is 58.3 Å². The number of hydrogen-bond donors (Lipinski definition) is 11. The number of benzene rings is 1. The van der Waals surface area contributed by atoms with Crippen LogP contribution in [0.3, 0.4) is 0 Å². The summed E-state index contributed by atoms with van der Waals surface area (Å²) in [4.78, 5) is 104. The van der Waals surface area contributed by atoms with Crippen LogP contribution in [0.5, 0.6) is 0 Å². The average molecular weight is 748 g/mol. The molecule has 292 valence electrons. The highest BCUT2D eigenvalue weighted by molar-refractivity contribution is 5.97. The number of carbonyl (C=O) groups is 8. The van der Waals surface area contributed by atoms with Crippen molar-refractivity contribution in [3.8, 4) is 0 Å². The molecular formula is C34H49N7O12. The summed E-state index contributed by atoms with van der Waals surface area (Å²) >= 11 is 0. The zero-order valence-corrected chi connectivity index (χ0v) is 29.9. The summed E-state index contributed by atoms with van der Waals surface area (Å²) in [5.74, 6) is -10.1. The highest BCUT2D eigenvalue weighted by Gasteiger charge is 2.36. The molecular weight excluding hydrogens is 698 g/mol. The predicted molar refractivity (Wildman–Crippen MR) is 188 cm³/mol. The van der Waals surface area contributed by atoms with E-state index in [9.17, 15) is 58.8 Å². The number of nitrogens with one attached hydrogen (secondary N) is 6. The Bertz CT molecular complexity index is 1640. The number of aromatic amines is 1. The number of aromatic nitrogens is 1. The Labute approximate surface area is 304 Å². The van der Waals surface area contributed by atoms with Crippen molar-refractivity contribution in [3.63, 3.8) is 0 Å². The number of amides is 5. The molecule has 0 aliphatic rings. The van der Waals surface area contributed by atoms with Gasteiger partial charge in [-0.05, 0) is 29.9 Å². The number of aliphatic carboxylic acids is 3. The number of carbonyl (C=O) groups excluding carboxylic acids is 5. The number of fused-ring (bicyclic) bond motifs is 1. The number of carboxylic acid groups (broad SMARTS) is 3. The lowest BCUT2D eigenvalue weighted by atomic mass is 9.96. The second-order valence-electron chi connectivity index (χ2n) is 13.0. The van der Waals surface area contributed by atoms with Gasteiger partial charge in [-0.25, -0.2) is 4.79 Å². The van der Waals surface area contributed by atoms with Gasteiger partial charge in [0.25, 0.3) is 0 Å². The minimum absolute atomic E-state index is 0.179. The van der Waals surface area contributed by atoms with Gasteiger partial charge < -0.3 is 57.7 Å². The lowest BCUT2D eigenvalue weighted by molar-refractivity contribution is -0.147. The summed E-state index contributed by atoms with van der Waals surface area (Å²) in [6, 6.07) is -1.71. The number of H-pyrrole nitrogens is 1. The summed E-state index contributed by atoms with van der Waals surface area (Å²) in [6.07, 6.45) is -0.197. The van der Waals surface area contributed by atoms with E-state index in [1.807, 2.05) is 0 Å². The van der Waals surface area contributed by atoms with Crippen molar-refractivity contribution < 1.29 is 58.8 Å². The number of rotatable bonds is 22. The number of para-hydroxylation sites is 1. The van der Waals surface area contributed by atoms with Crippen molar-refractivity contribution in [2.45, 2.75) is 96.1 Å². The van der Waals surface area contributed by atoms with E-state index >= 15 is 0 Å². The standard InChI is InChI=1S/C34H49N7O12/c1-5-17(4)28(41-30(48)22(10-11-25(43)44)37-32(50)27(16(2)3)40-29(47)20(35)15-42)33(51)38-23(31(49)39-24(34(52)53)13-26(45)46)12-18-14-36-21-9-7-6-8-19(18)21/h6-9,14,16-17,20,22-24,27-28,36,42H,5,10-13,15,35H2,1-4H3,(H,37,50)(H,38,51)(H,39,49)(H,40,47)(H,41,48)(H,43,44)(H,45,46)(H,52,53)/t17-,20-,22-,23-,24-,27-,28-/m0/s1. The fraction of sp³-hybridized carbons (Fsp3) is 0.529. The zero-order valence-electron chi connectivity index (χ0n) is 29.9. The van der Waals surface area contributed by atoms with E-state index in [1.54, 1.807) is 58.2 Å². The summed E-state index contributed by atoms with van der Waals surface area (Å²) in [6.45, 7) is 5.81. The zero-order chi connectivity index (χ0) is 40.0. The molecule has 0 spiro atoms. The van der Waals surface area contributed by atoms with Crippen LogP contribution in [0.15, 0.2) is 30.5 Å². The van der Waals surface area contributed by atoms with Crippen LogP contribution in [0.25, 0.3) is 10.9 Å². The summed E-state index contributed by atoms with van der Waals surface area (Å²) < 4.78 is 0. The number of aliphatic hydroxyl groups is 1. The normalized spacial score (nSPS) is 15.2. The first-order valence-corrected chi connectivity index (χ1v) is 17.0. The third-order valence-electron chi connectivity index (χ3n) is 8.58. The molecule has 12 N–H and O–H groups in total. The quantitative estimate of drug-likeness (QED) is 0.0660. The van der Waals surface area contributed by atoms with E-state index < -0.39 is 121 Å². The van der Waals surface area contributed by atoms with Crippen LogP contribution < -0.4 is 32.3 Å². The molecule has 1 aromatic heterocycles. The van der Waals surface area contributed by atoms with Gasteiger partial charge in [-0.15, -0.1) is 0 Å². The number of aliphatic hydroxyl groups excluding tert-OH is 1. The number of nitrogens with two attached hydrogens (primary N) is 1. The second-order valence-corrected chi connectivity index (χ2v) is 13.0. The van der Waals surface area contributed by atoms with Gasteiger partial charge in [0, 0.05) is 29.9 Å². The van der Waals surface area contributed by atoms with E-state index in [1.165, 1.54) is 0 Å². The van der Waals surface area contributed by atoms with Gasteiger partial charge in [0.15, 0.2) is 0 Å². The fourth-order valence-electron chi connectivity index (χ4n) is 5.27. The van der Waals surface area contributed by atoms with Crippen molar-refractivity contribution in [1.82, 2.24) is 31.6 Å². The van der Waals surface area contributed by atoms with Crippen LogP contribution in [0.2, 0.25) is 0 Å². The van der Waals surface area contributed by atoms with Gasteiger partial charge in [0.2, 0.25) is 29.5 Å². The van der Waals surface area contributed by atoms with Crippen molar-refractivity contribution in [1.29, 1.82) is 0 Å². The maximum absolute atomic E-state index is 13.9. The fourth-order valence-corrected chi connectivity index (χ4v) is 5.27. The van der Waals surface area contributed by atoms with Crippen molar-refractivity contribution in [2.24, 2.45) is 17.6 Å². The molecule has 2 rings (SSSR count). The van der Waals surface area contributed by atoms with Gasteiger partial charge in [0.1, 0.15) is 36.3 Å². The first-order chi connectivity index (χ1) is 24.9. The van der Waals surface area contributed by atoms with Crippen LogP contribution >= 0.6 is 0 Å². The molecule has 0 aliphatic carbocycles. The molecule has 7 atom stereocenters. The molecule has 19 heteroatoms. The van der Waals surface area contributed by atoms with Crippen molar-refractivity contribution in [3.05, 3.63) is 36.0 Å². The van der Waals surface area contributed by atoms with Crippen LogP contribution in [0, 0.1) is 11.8 Å². The Hall–Kier alpha value is -5.56. The van der Waals surface area contributed by atoms with Crippen LogP contribution in [-0.4, -0.2) is 116 Å². The lowest BCUT2D eigenvalue weighted by Gasteiger charge is -2.29. The van der Waals surface area contributed by atoms with Crippen LogP contribution in [0.1, 0.15) is 58.9 Å². The van der Waals surface area contributed by atoms with E-state index in [2.05, 4.69) is 31.6 Å². The average Bonchev–Trinajstić information content (AvgIpc) is 3.51. The van der Waals surface area contributed by atoms with E-state index in [-0.39, 0.29) is 6.42 Å². The summed E-state index contributed by atoms with van der Waals surface area (Å²) in [5.41, 5.74) is 6.81. The van der Waals surface area contributed by atoms with Gasteiger partial charge in [0.05, 0.1) is 13.0 Å². The molecule has 53 heavy (non-hydrogen) atoms. The van der Waals surface area contributed by atoms with Gasteiger partial charge in [-0.1, -0.05) is 52.3 Å². The molecule has 0 radical (unpaired) electrons. The Kier molecular flexibility index (Phi) is 16.8.